The van der Waals surface area contributed by atoms with E-state index in [0.717, 1.165) is 31.4 Å². The highest BCUT2D eigenvalue weighted by atomic mass is 32.2. The van der Waals surface area contributed by atoms with Crippen LogP contribution in [0.4, 0.5) is 0 Å². The van der Waals surface area contributed by atoms with Gasteiger partial charge < -0.3 is 4.90 Å². The number of carbonyl (C=O) groups is 1. The van der Waals surface area contributed by atoms with Gasteiger partial charge in [0.15, 0.2) is 0 Å². The number of hydrogen-bond acceptors (Lipinski definition) is 3. The summed E-state index contributed by atoms with van der Waals surface area (Å²) in [5, 5.41) is 3.54. The lowest BCUT2D eigenvalue weighted by Crippen LogP contribution is -2.44. The number of thioether (sulfide) groups is 1. The van der Waals surface area contributed by atoms with Crippen LogP contribution in [-0.2, 0) is 4.79 Å². The van der Waals surface area contributed by atoms with Crippen LogP contribution in [0.5, 0.6) is 0 Å². The van der Waals surface area contributed by atoms with E-state index in [2.05, 4.69) is 37.2 Å². The van der Waals surface area contributed by atoms with Crippen molar-refractivity contribution in [1.82, 2.24) is 10.2 Å². The third-order valence-electron chi connectivity index (χ3n) is 4.01. The number of hydrogen-bond donors (Lipinski definition) is 1. The summed E-state index contributed by atoms with van der Waals surface area (Å²) in [6.07, 6.45) is 6.44. The Morgan fingerprint density at radius 1 is 1.50 bits per heavy atom. The SMILES string of the molecule is CCCC1NC(C)(CC)C(=O)N1C(C)CCSC. The fourth-order valence-electron chi connectivity index (χ4n) is 2.60. The lowest BCUT2D eigenvalue weighted by molar-refractivity contribution is -0.134. The van der Waals surface area contributed by atoms with Gasteiger partial charge in [-0.3, -0.25) is 10.1 Å². The van der Waals surface area contributed by atoms with Gasteiger partial charge in [-0.05, 0) is 45.1 Å². The summed E-state index contributed by atoms with van der Waals surface area (Å²) in [6, 6.07) is 0.336. The van der Waals surface area contributed by atoms with Gasteiger partial charge in [0.05, 0.1) is 11.7 Å². The average molecular weight is 272 g/mol. The molecule has 1 fully saturated rings. The molecule has 3 atom stereocenters. The van der Waals surface area contributed by atoms with Crippen molar-refractivity contribution in [2.24, 2.45) is 0 Å². The quantitative estimate of drug-likeness (QED) is 0.773. The van der Waals surface area contributed by atoms with Crippen LogP contribution in [0.1, 0.15) is 53.4 Å². The van der Waals surface area contributed by atoms with Crippen LogP contribution in [0.15, 0.2) is 0 Å². The molecule has 1 N–H and O–H groups in total. The molecule has 0 aliphatic carbocycles. The molecule has 1 aliphatic heterocycles. The summed E-state index contributed by atoms with van der Waals surface area (Å²) in [5.74, 6) is 1.41. The molecule has 1 aliphatic rings. The van der Waals surface area contributed by atoms with Crippen LogP contribution in [0.25, 0.3) is 0 Å². The maximum Gasteiger partial charge on any atom is 0.244 e. The molecular weight excluding hydrogens is 244 g/mol. The molecule has 0 aromatic rings. The number of nitrogens with zero attached hydrogens (tertiary/aromatic N) is 1. The van der Waals surface area contributed by atoms with Crippen LogP contribution in [0, 0.1) is 0 Å². The van der Waals surface area contributed by atoms with E-state index in [1.165, 1.54) is 0 Å². The van der Waals surface area contributed by atoms with Crippen molar-refractivity contribution in [2.75, 3.05) is 12.0 Å². The minimum atomic E-state index is -0.354. The Morgan fingerprint density at radius 3 is 2.67 bits per heavy atom. The minimum Gasteiger partial charge on any atom is -0.323 e. The Labute approximate surface area is 116 Å². The Morgan fingerprint density at radius 2 is 2.17 bits per heavy atom. The summed E-state index contributed by atoms with van der Waals surface area (Å²) < 4.78 is 0. The molecule has 106 valence electrons. The lowest BCUT2D eigenvalue weighted by Gasteiger charge is -2.30. The van der Waals surface area contributed by atoms with Crippen LogP contribution < -0.4 is 5.32 Å². The molecular formula is C14H28N2OS. The van der Waals surface area contributed by atoms with Gasteiger partial charge >= 0.3 is 0 Å². The van der Waals surface area contributed by atoms with Gasteiger partial charge in [-0.1, -0.05) is 20.3 Å². The monoisotopic (exact) mass is 272 g/mol. The molecule has 18 heavy (non-hydrogen) atoms. The third kappa shape index (κ3) is 3.21. The predicted molar refractivity (Wildman–Crippen MR) is 79.8 cm³/mol. The Bertz CT molecular complexity index is 285. The van der Waals surface area contributed by atoms with Gasteiger partial charge in [-0.2, -0.15) is 11.8 Å². The lowest BCUT2D eigenvalue weighted by atomic mass is 9.99. The van der Waals surface area contributed by atoms with E-state index in [4.69, 9.17) is 0 Å². The van der Waals surface area contributed by atoms with Crippen molar-refractivity contribution in [1.29, 1.82) is 0 Å². The molecule has 1 saturated heterocycles. The first-order valence-corrected chi connectivity index (χ1v) is 8.49. The maximum absolute atomic E-state index is 12.6. The van der Waals surface area contributed by atoms with Gasteiger partial charge in [0.2, 0.25) is 5.91 Å². The first-order chi connectivity index (χ1) is 8.50. The van der Waals surface area contributed by atoms with E-state index >= 15 is 0 Å². The third-order valence-corrected chi connectivity index (χ3v) is 4.66. The molecule has 0 radical (unpaired) electrons. The summed E-state index contributed by atoms with van der Waals surface area (Å²) >= 11 is 1.85. The molecule has 4 heteroatoms. The molecule has 1 amide bonds. The zero-order valence-electron chi connectivity index (χ0n) is 12.5. The number of rotatable bonds is 7. The van der Waals surface area contributed by atoms with E-state index in [-0.39, 0.29) is 17.6 Å². The largest absolute Gasteiger partial charge is 0.323 e. The standard InChI is InChI=1S/C14H28N2OS/c1-6-8-12-15-14(4,7-2)13(17)16(12)11(3)9-10-18-5/h11-12,15H,6-10H2,1-5H3. The molecule has 0 spiro atoms. The second-order valence-electron chi connectivity index (χ2n) is 5.48. The zero-order chi connectivity index (χ0) is 13.8. The maximum atomic E-state index is 12.6. The van der Waals surface area contributed by atoms with Crippen molar-refractivity contribution in [3.63, 3.8) is 0 Å². The second-order valence-corrected chi connectivity index (χ2v) is 6.46. The molecule has 0 aromatic carbocycles. The molecule has 3 unspecified atom stereocenters. The first-order valence-electron chi connectivity index (χ1n) is 7.09. The van der Waals surface area contributed by atoms with Crippen molar-refractivity contribution in [3.8, 4) is 0 Å². The first kappa shape index (κ1) is 15.8. The highest BCUT2D eigenvalue weighted by molar-refractivity contribution is 7.98. The minimum absolute atomic E-state index is 0.226. The van der Waals surface area contributed by atoms with E-state index in [1.54, 1.807) is 0 Å². The fourth-order valence-corrected chi connectivity index (χ4v) is 3.18. The van der Waals surface area contributed by atoms with Crippen LogP contribution in [-0.4, -0.2) is 40.6 Å². The van der Waals surface area contributed by atoms with Gasteiger partial charge in [0.25, 0.3) is 0 Å². The van der Waals surface area contributed by atoms with E-state index in [1.807, 2.05) is 18.7 Å². The molecule has 1 heterocycles. The molecule has 1 rings (SSSR count). The summed E-state index contributed by atoms with van der Waals surface area (Å²) in [7, 11) is 0. The molecule has 3 nitrogen and oxygen atoms in total. The number of amides is 1. The van der Waals surface area contributed by atoms with Gasteiger partial charge in [-0.15, -0.1) is 0 Å². The number of carbonyl (C=O) groups excluding carboxylic acids is 1. The molecule has 0 aromatic heterocycles. The molecule has 0 saturated carbocycles. The van der Waals surface area contributed by atoms with Crippen LogP contribution in [0.3, 0.4) is 0 Å². The Hall–Kier alpha value is -0.220. The molecule has 0 bridgehead atoms. The Kier molecular flexibility index (Phi) is 5.99. The van der Waals surface area contributed by atoms with Crippen molar-refractivity contribution in [2.45, 2.75) is 71.1 Å². The van der Waals surface area contributed by atoms with Crippen LogP contribution >= 0.6 is 11.8 Å². The van der Waals surface area contributed by atoms with Crippen LogP contribution in [0.2, 0.25) is 0 Å². The highest BCUT2D eigenvalue weighted by Gasteiger charge is 2.47. The van der Waals surface area contributed by atoms with E-state index in [0.29, 0.717) is 6.04 Å². The zero-order valence-corrected chi connectivity index (χ0v) is 13.3. The average Bonchev–Trinajstić information content (AvgIpc) is 2.60. The van der Waals surface area contributed by atoms with Gasteiger partial charge in [0.1, 0.15) is 0 Å². The predicted octanol–water partition coefficient (Wildman–Crippen LogP) is 2.85. The Balaban J connectivity index is 2.80. The highest BCUT2D eigenvalue weighted by Crippen LogP contribution is 2.28. The van der Waals surface area contributed by atoms with Gasteiger partial charge in [-0.25, -0.2) is 0 Å². The second kappa shape index (κ2) is 6.80. The van der Waals surface area contributed by atoms with E-state index < -0.39 is 0 Å². The normalized spacial score (nSPS) is 29.9. The van der Waals surface area contributed by atoms with Crippen molar-refractivity contribution >= 4 is 17.7 Å². The topological polar surface area (TPSA) is 32.3 Å². The summed E-state index contributed by atoms with van der Waals surface area (Å²) in [5.41, 5.74) is -0.354. The summed E-state index contributed by atoms with van der Waals surface area (Å²) in [6.45, 7) is 8.49. The summed E-state index contributed by atoms with van der Waals surface area (Å²) in [4.78, 5) is 14.7. The van der Waals surface area contributed by atoms with Gasteiger partial charge in [0, 0.05) is 6.04 Å². The van der Waals surface area contributed by atoms with E-state index in [9.17, 15) is 4.79 Å². The smallest absolute Gasteiger partial charge is 0.244 e. The van der Waals surface area contributed by atoms with Crippen molar-refractivity contribution in [3.05, 3.63) is 0 Å². The number of nitrogens with one attached hydrogen (secondary N) is 1. The fraction of sp³-hybridized carbons (Fsp3) is 0.929. The van der Waals surface area contributed by atoms with Crippen molar-refractivity contribution < 1.29 is 4.79 Å².